The summed E-state index contributed by atoms with van der Waals surface area (Å²) in [5, 5.41) is 20.2. The van der Waals surface area contributed by atoms with Crippen LogP contribution in [-0.2, 0) is 16.1 Å². The lowest BCUT2D eigenvalue weighted by atomic mass is 10.3. The van der Waals surface area contributed by atoms with Gasteiger partial charge in [0.05, 0.1) is 10.7 Å². The molecule has 8 heteroatoms. The molecule has 6 nitrogen and oxygen atoms in total. The maximum atomic E-state index is 11.3. The molecule has 2 aromatic carbocycles. The minimum Gasteiger partial charge on any atom is -0.480 e. The van der Waals surface area contributed by atoms with Crippen molar-refractivity contribution < 1.29 is 24.4 Å². The second-order valence-corrected chi connectivity index (χ2v) is 8.81. The number of thiazole rings is 1. The highest BCUT2D eigenvalue weighted by atomic mass is 32.2. The predicted molar refractivity (Wildman–Crippen MR) is 123 cm³/mol. The van der Waals surface area contributed by atoms with Crippen LogP contribution < -0.4 is 9.47 Å². The van der Waals surface area contributed by atoms with Crippen molar-refractivity contribution in [3.05, 3.63) is 82.9 Å². The third-order valence-corrected chi connectivity index (χ3v) is 6.82. The Labute approximate surface area is 187 Å². The van der Waals surface area contributed by atoms with Gasteiger partial charge in [-0.3, -0.25) is 4.79 Å². The van der Waals surface area contributed by atoms with Gasteiger partial charge < -0.3 is 15.1 Å². The molecule has 0 aliphatic carbocycles. The van der Waals surface area contributed by atoms with Crippen molar-refractivity contribution in [3.8, 4) is 0 Å². The average Bonchev–Trinajstić information content (AvgIpc) is 3.25. The molecule has 0 atom stereocenters. The second-order valence-electron chi connectivity index (χ2n) is 6.69. The quantitative estimate of drug-likeness (QED) is 0.410. The molecule has 1 aromatic heterocycles. The van der Waals surface area contributed by atoms with E-state index in [-0.39, 0.29) is 13.1 Å². The van der Waals surface area contributed by atoms with E-state index in [1.807, 2.05) is 78.9 Å². The van der Waals surface area contributed by atoms with Gasteiger partial charge in [0.25, 0.3) is 5.01 Å². The summed E-state index contributed by atoms with van der Waals surface area (Å²) in [7, 11) is 0. The molecule has 1 aliphatic rings. The van der Waals surface area contributed by atoms with Crippen LogP contribution in [0.1, 0.15) is 5.01 Å². The normalized spacial score (nSPS) is 14.8. The molecule has 0 amide bonds. The zero-order chi connectivity index (χ0) is 21.8. The van der Waals surface area contributed by atoms with Crippen molar-refractivity contribution in [2.45, 2.75) is 11.4 Å². The highest BCUT2D eigenvalue weighted by Gasteiger charge is 2.26. The molecule has 2 heterocycles. The van der Waals surface area contributed by atoms with Crippen molar-refractivity contribution in [2.24, 2.45) is 0 Å². The van der Waals surface area contributed by atoms with E-state index in [1.54, 1.807) is 9.47 Å². The standard InChI is InChI=1S/C23H18N2O4S2/c26-22(27)14-24-16-8-4-6-10-18(16)30-20(24)12-2-1-3-13-21-25(15-23(28)29)17-9-5-7-11-19(17)31-21/h1-13H,14-15H2,(H-,26,27,28,29)/p+1. The van der Waals surface area contributed by atoms with E-state index in [0.717, 1.165) is 30.8 Å². The molecule has 3 aromatic rings. The number of hydrogen-bond acceptors (Lipinski definition) is 5. The number of carbonyl (C=O) groups is 2. The number of allylic oxidation sites excluding steroid dienone is 4. The number of thioether (sulfide) groups is 1. The molecule has 0 radical (unpaired) electrons. The third-order valence-electron chi connectivity index (χ3n) is 4.56. The first-order chi connectivity index (χ1) is 15.0. The van der Waals surface area contributed by atoms with Crippen LogP contribution in [0.15, 0.2) is 82.8 Å². The number of hydrogen-bond donors (Lipinski definition) is 2. The Morgan fingerprint density at radius 2 is 1.74 bits per heavy atom. The molecule has 0 spiro atoms. The summed E-state index contributed by atoms with van der Waals surface area (Å²) in [6.07, 6.45) is 9.33. The van der Waals surface area contributed by atoms with Gasteiger partial charge in [-0.05, 0) is 24.3 Å². The monoisotopic (exact) mass is 451 g/mol. The van der Waals surface area contributed by atoms with Crippen LogP contribution >= 0.6 is 23.1 Å². The summed E-state index contributed by atoms with van der Waals surface area (Å²) < 4.78 is 2.81. The Balaban J connectivity index is 1.54. The van der Waals surface area contributed by atoms with Gasteiger partial charge in [-0.25, -0.2) is 4.79 Å². The van der Waals surface area contributed by atoms with E-state index >= 15 is 0 Å². The molecule has 0 fully saturated rings. The number of aliphatic carboxylic acids is 2. The van der Waals surface area contributed by atoms with E-state index < -0.39 is 11.9 Å². The van der Waals surface area contributed by atoms with Crippen LogP contribution in [-0.4, -0.2) is 28.7 Å². The zero-order valence-electron chi connectivity index (χ0n) is 16.3. The molecule has 2 N–H and O–H groups in total. The Hall–Kier alpha value is -3.36. The average molecular weight is 452 g/mol. The van der Waals surface area contributed by atoms with Crippen molar-refractivity contribution in [1.82, 2.24) is 0 Å². The van der Waals surface area contributed by atoms with Gasteiger partial charge in [0, 0.05) is 17.0 Å². The maximum Gasteiger partial charge on any atom is 0.370 e. The lowest BCUT2D eigenvalue weighted by Crippen LogP contribution is -2.39. The number of carboxylic acids is 2. The predicted octanol–water partition coefficient (Wildman–Crippen LogP) is 4.38. The molecule has 1 aliphatic heterocycles. The van der Waals surface area contributed by atoms with Gasteiger partial charge in [0.2, 0.25) is 12.1 Å². The van der Waals surface area contributed by atoms with E-state index in [1.165, 1.54) is 23.1 Å². The number of rotatable bonds is 7. The summed E-state index contributed by atoms with van der Waals surface area (Å²) in [5.74, 6) is -1.78. The first-order valence-electron chi connectivity index (χ1n) is 9.47. The second kappa shape index (κ2) is 9.20. The third kappa shape index (κ3) is 4.70. The van der Waals surface area contributed by atoms with E-state index in [0.29, 0.717) is 0 Å². The molecule has 0 saturated heterocycles. The highest BCUT2D eigenvalue weighted by molar-refractivity contribution is 8.03. The SMILES string of the molecule is O=C(O)CN1C(=CC=CC=Cc2sc3ccccc3[n+]2CC(=O)O)Sc2ccccc21. The smallest absolute Gasteiger partial charge is 0.370 e. The molecule has 31 heavy (non-hydrogen) atoms. The van der Waals surface area contributed by atoms with Crippen LogP contribution in [0.25, 0.3) is 16.3 Å². The number of para-hydroxylation sites is 2. The Morgan fingerprint density at radius 3 is 2.55 bits per heavy atom. The van der Waals surface area contributed by atoms with Crippen LogP contribution in [0.4, 0.5) is 5.69 Å². The fourth-order valence-corrected chi connectivity index (χ4v) is 5.44. The van der Waals surface area contributed by atoms with Crippen molar-refractivity contribution in [2.75, 3.05) is 11.4 Å². The van der Waals surface area contributed by atoms with Crippen LogP contribution in [0.5, 0.6) is 0 Å². The van der Waals surface area contributed by atoms with Crippen LogP contribution in [0.2, 0.25) is 0 Å². The largest absolute Gasteiger partial charge is 0.480 e. The summed E-state index contributed by atoms with van der Waals surface area (Å²) in [4.78, 5) is 25.4. The summed E-state index contributed by atoms with van der Waals surface area (Å²) in [5.41, 5.74) is 1.79. The lowest BCUT2D eigenvalue weighted by Gasteiger charge is -2.17. The lowest BCUT2D eigenvalue weighted by molar-refractivity contribution is -0.657. The number of nitrogens with zero attached hydrogens (tertiary/aromatic N) is 2. The molecule has 0 saturated carbocycles. The van der Waals surface area contributed by atoms with Crippen molar-refractivity contribution in [1.29, 1.82) is 0 Å². The Bertz CT molecular complexity index is 1240. The molecular formula is C23H19N2O4S2+. The van der Waals surface area contributed by atoms with Gasteiger partial charge in [-0.1, -0.05) is 65.6 Å². The van der Waals surface area contributed by atoms with Gasteiger partial charge >= 0.3 is 11.9 Å². The fourth-order valence-electron chi connectivity index (χ4n) is 3.29. The minimum absolute atomic E-state index is 0.101. The topological polar surface area (TPSA) is 81.7 Å². The van der Waals surface area contributed by atoms with E-state index in [4.69, 9.17) is 0 Å². The molecule has 156 valence electrons. The molecule has 0 unspecified atom stereocenters. The first-order valence-corrected chi connectivity index (χ1v) is 11.1. The van der Waals surface area contributed by atoms with Gasteiger partial charge in [-0.2, -0.15) is 4.57 Å². The Kier molecular flexibility index (Phi) is 6.20. The minimum atomic E-state index is -0.889. The van der Waals surface area contributed by atoms with Gasteiger partial charge in [0.15, 0.2) is 0 Å². The fraction of sp³-hybridized carbons (Fsp3) is 0.0870. The number of carboxylic acid groups (broad SMARTS) is 2. The first kappa shape index (κ1) is 20.9. The van der Waals surface area contributed by atoms with E-state index in [2.05, 4.69) is 0 Å². The van der Waals surface area contributed by atoms with Gasteiger partial charge in [0.1, 0.15) is 11.2 Å². The number of fused-ring (bicyclic) bond motifs is 2. The summed E-state index contributed by atoms with van der Waals surface area (Å²) >= 11 is 3.07. The van der Waals surface area contributed by atoms with Crippen molar-refractivity contribution in [3.63, 3.8) is 0 Å². The highest BCUT2D eigenvalue weighted by Crippen LogP contribution is 2.45. The maximum absolute atomic E-state index is 11.3. The van der Waals surface area contributed by atoms with Crippen molar-refractivity contribution >= 4 is 57.0 Å². The summed E-state index contributed by atoms with van der Waals surface area (Å²) in [6, 6.07) is 15.4. The van der Waals surface area contributed by atoms with Crippen LogP contribution in [0, 0.1) is 0 Å². The number of anilines is 1. The Morgan fingerprint density at radius 1 is 0.968 bits per heavy atom. The zero-order valence-corrected chi connectivity index (χ0v) is 18.0. The van der Waals surface area contributed by atoms with E-state index in [9.17, 15) is 19.8 Å². The van der Waals surface area contributed by atoms with Crippen LogP contribution in [0.3, 0.4) is 0 Å². The molecular weight excluding hydrogens is 432 g/mol. The summed E-state index contributed by atoms with van der Waals surface area (Å²) in [6.45, 7) is -0.201. The van der Waals surface area contributed by atoms with Gasteiger partial charge in [-0.15, -0.1) is 0 Å². The molecule has 0 bridgehead atoms. The number of aromatic nitrogens is 1. The number of benzene rings is 2. The molecule has 4 rings (SSSR count).